The van der Waals surface area contributed by atoms with Crippen molar-refractivity contribution in [2.24, 2.45) is 0 Å². The average molecular weight is 363 g/mol. The highest BCUT2D eigenvalue weighted by Crippen LogP contribution is 2.11. The van der Waals surface area contributed by atoms with Crippen molar-refractivity contribution < 1.29 is 17.9 Å². The fourth-order valence-corrected chi connectivity index (χ4v) is 3.00. The Labute approximate surface area is 147 Å². The number of hydrogen-bond donors (Lipinski definition) is 1. The molecule has 134 valence electrons. The summed E-state index contributed by atoms with van der Waals surface area (Å²) in [5.41, 5.74) is 1.32. The topological polar surface area (TPSA) is 88.6 Å². The fourth-order valence-electron chi connectivity index (χ4n) is 2.19. The van der Waals surface area contributed by atoms with Gasteiger partial charge in [-0.1, -0.05) is 0 Å². The third-order valence-corrected chi connectivity index (χ3v) is 4.83. The van der Waals surface area contributed by atoms with Crippen LogP contribution in [0.4, 0.5) is 0 Å². The lowest BCUT2D eigenvalue weighted by Gasteiger charge is -2.20. The van der Waals surface area contributed by atoms with Crippen LogP contribution in [-0.4, -0.2) is 50.1 Å². The van der Waals surface area contributed by atoms with Crippen molar-refractivity contribution in [1.29, 1.82) is 0 Å². The van der Waals surface area contributed by atoms with Crippen LogP contribution in [0.5, 0.6) is 5.75 Å². The van der Waals surface area contributed by atoms with E-state index in [4.69, 9.17) is 4.74 Å². The molecule has 0 aliphatic rings. The molecule has 1 amide bonds. The SMILES string of the molecule is COc1ccc(C(=O)NCCN(Cc2ccncc2)S(C)(=O)=O)cc1. The van der Waals surface area contributed by atoms with Gasteiger partial charge in [0.15, 0.2) is 0 Å². The molecule has 0 spiro atoms. The summed E-state index contributed by atoms with van der Waals surface area (Å²) in [6.07, 6.45) is 4.38. The van der Waals surface area contributed by atoms with Gasteiger partial charge < -0.3 is 10.1 Å². The molecule has 0 bridgehead atoms. The van der Waals surface area contributed by atoms with E-state index in [2.05, 4.69) is 10.3 Å². The molecule has 0 atom stereocenters. The number of pyridine rings is 1. The van der Waals surface area contributed by atoms with E-state index < -0.39 is 10.0 Å². The first-order valence-electron chi connectivity index (χ1n) is 7.66. The highest BCUT2D eigenvalue weighted by molar-refractivity contribution is 7.88. The smallest absolute Gasteiger partial charge is 0.251 e. The molecule has 0 saturated heterocycles. The number of carbonyl (C=O) groups is 1. The van der Waals surface area contributed by atoms with Crippen LogP contribution in [0.25, 0.3) is 0 Å². The number of methoxy groups -OCH3 is 1. The predicted molar refractivity (Wildman–Crippen MR) is 94.8 cm³/mol. The Morgan fingerprint density at radius 3 is 2.36 bits per heavy atom. The molecule has 1 aromatic carbocycles. The van der Waals surface area contributed by atoms with E-state index in [1.165, 1.54) is 4.31 Å². The van der Waals surface area contributed by atoms with Gasteiger partial charge in [0.1, 0.15) is 5.75 Å². The zero-order chi connectivity index (χ0) is 18.3. The molecule has 1 N–H and O–H groups in total. The van der Waals surface area contributed by atoms with E-state index in [9.17, 15) is 13.2 Å². The zero-order valence-electron chi connectivity index (χ0n) is 14.2. The zero-order valence-corrected chi connectivity index (χ0v) is 15.0. The van der Waals surface area contributed by atoms with E-state index in [0.29, 0.717) is 11.3 Å². The molecule has 8 heteroatoms. The van der Waals surface area contributed by atoms with Gasteiger partial charge in [-0.3, -0.25) is 9.78 Å². The molecule has 0 fully saturated rings. The standard InChI is InChI=1S/C17H21N3O4S/c1-24-16-5-3-15(4-6-16)17(21)19-11-12-20(25(2,22)23)13-14-7-9-18-10-8-14/h3-10H,11-13H2,1-2H3,(H,19,21). The maximum Gasteiger partial charge on any atom is 0.251 e. The number of rotatable bonds is 8. The number of sulfonamides is 1. The molecule has 0 aliphatic carbocycles. The van der Waals surface area contributed by atoms with Gasteiger partial charge >= 0.3 is 0 Å². The Bertz CT molecular complexity index is 792. The summed E-state index contributed by atoms with van der Waals surface area (Å²) in [5.74, 6) is 0.400. The first kappa shape index (κ1) is 18.9. The van der Waals surface area contributed by atoms with Crippen molar-refractivity contribution in [1.82, 2.24) is 14.6 Å². The quantitative estimate of drug-likeness (QED) is 0.763. The number of nitrogens with zero attached hydrogens (tertiary/aromatic N) is 2. The number of amides is 1. The Morgan fingerprint density at radius 2 is 1.80 bits per heavy atom. The molecular formula is C17H21N3O4S. The maximum absolute atomic E-state index is 12.1. The minimum absolute atomic E-state index is 0.184. The van der Waals surface area contributed by atoms with Crippen LogP contribution >= 0.6 is 0 Å². The lowest BCUT2D eigenvalue weighted by Crippen LogP contribution is -2.37. The van der Waals surface area contributed by atoms with Crippen molar-refractivity contribution in [2.75, 3.05) is 26.5 Å². The lowest BCUT2D eigenvalue weighted by atomic mass is 10.2. The van der Waals surface area contributed by atoms with E-state index >= 15 is 0 Å². The summed E-state index contributed by atoms with van der Waals surface area (Å²) in [5, 5.41) is 2.73. The van der Waals surface area contributed by atoms with Gasteiger partial charge in [-0.2, -0.15) is 4.31 Å². The minimum Gasteiger partial charge on any atom is -0.497 e. The van der Waals surface area contributed by atoms with Crippen molar-refractivity contribution in [3.63, 3.8) is 0 Å². The van der Waals surface area contributed by atoms with E-state index in [1.54, 1.807) is 55.9 Å². The van der Waals surface area contributed by atoms with Crippen LogP contribution in [-0.2, 0) is 16.6 Å². The van der Waals surface area contributed by atoms with Crippen LogP contribution in [0.2, 0.25) is 0 Å². The van der Waals surface area contributed by atoms with Crippen LogP contribution in [0.1, 0.15) is 15.9 Å². The Hall–Kier alpha value is -2.45. The van der Waals surface area contributed by atoms with E-state index in [1.807, 2.05) is 0 Å². The molecule has 1 heterocycles. The molecule has 0 aliphatic heterocycles. The van der Waals surface area contributed by atoms with Gasteiger partial charge in [-0.25, -0.2) is 8.42 Å². The Morgan fingerprint density at radius 1 is 1.16 bits per heavy atom. The summed E-state index contributed by atoms with van der Waals surface area (Å²) >= 11 is 0. The van der Waals surface area contributed by atoms with Crippen LogP contribution in [0.3, 0.4) is 0 Å². The Kier molecular flexibility index (Phi) is 6.49. The van der Waals surface area contributed by atoms with Gasteiger partial charge in [-0.05, 0) is 42.0 Å². The van der Waals surface area contributed by atoms with Crippen LogP contribution in [0, 0.1) is 0 Å². The number of carbonyl (C=O) groups excluding carboxylic acids is 1. The molecule has 0 unspecified atom stereocenters. The summed E-state index contributed by atoms with van der Waals surface area (Å²) < 4.78 is 30.2. The summed E-state index contributed by atoms with van der Waals surface area (Å²) in [4.78, 5) is 16.0. The van der Waals surface area contributed by atoms with Crippen molar-refractivity contribution in [3.05, 3.63) is 59.9 Å². The maximum atomic E-state index is 12.1. The molecule has 1 aromatic heterocycles. The van der Waals surface area contributed by atoms with Crippen molar-refractivity contribution in [3.8, 4) is 5.75 Å². The van der Waals surface area contributed by atoms with Gasteiger partial charge in [0, 0.05) is 37.6 Å². The monoisotopic (exact) mass is 363 g/mol. The number of ether oxygens (including phenoxy) is 1. The molecular weight excluding hydrogens is 342 g/mol. The van der Waals surface area contributed by atoms with Crippen molar-refractivity contribution in [2.45, 2.75) is 6.54 Å². The van der Waals surface area contributed by atoms with Crippen molar-refractivity contribution >= 4 is 15.9 Å². The van der Waals surface area contributed by atoms with Gasteiger partial charge in [-0.15, -0.1) is 0 Å². The van der Waals surface area contributed by atoms with E-state index in [0.717, 1.165) is 11.8 Å². The fraction of sp³-hybridized carbons (Fsp3) is 0.294. The van der Waals surface area contributed by atoms with Gasteiger partial charge in [0.25, 0.3) is 5.91 Å². The first-order valence-corrected chi connectivity index (χ1v) is 9.51. The van der Waals surface area contributed by atoms with Crippen LogP contribution < -0.4 is 10.1 Å². The first-order chi connectivity index (χ1) is 11.9. The second-order valence-corrected chi connectivity index (χ2v) is 7.42. The third kappa shape index (κ3) is 5.84. The normalized spacial score (nSPS) is 11.3. The molecule has 7 nitrogen and oxygen atoms in total. The molecule has 0 saturated carbocycles. The Balaban J connectivity index is 1.92. The highest BCUT2D eigenvalue weighted by Gasteiger charge is 2.17. The lowest BCUT2D eigenvalue weighted by molar-refractivity contribution is 0.0951. The summed E-state index contributed by atoms with van der Waals surface area (Å²) in [6, 6.07) is 10.2. The molecule has 2 rings (SSSR count). The summed E-state index contributed by atoms with van der Waals surface area (Å²) in [7, 11) is -1.84. The second-order valence-electron chi connectivity index (χ2n) is 5.44. The molecule has 0 radical (unpaired) electrons. The van der Waals surface area contributed by atoms with E-state index in [-0.39, 0.29) is 25.5 Å². The number of aromatic nitrogens is 1. The second kappa shape index (κ2) is 8.59. The van der Waals surface area contributed by atoms with Gasteiger partial charge in [0.2, 0.25) is 10.0 Å². The molecule has 25 heavy (non-hydrogen) atoms. The number of benzene rings is 1. The predicted octanol–water partition coefficient (Wildman–Crippen LogP) is 1.28. The van der Waals surface area contributed by atoms with Crippen LogP contribution in [0.15, 0.2) is 48.8 Å². The van der Waals surface area contributed by atoms with Gasteiger partial charge in [0.05, 0.1) is 13.4 Å². The summed E-state index contributed by atoms with van der Waals surface area (Å²) in [6.45, 7) is 0.631. The largest absolute Gasteiger partial charge is 0.497 e. The number of nitrogens with one attached hydrogen (secondary N) is 1. The third-order valence-electron chi connectivity index (χ3n) is 3.58. The minimum atomic E-state index is -3.39. The number of hydrogen-bond acceptors (Lipinski definition) is 5. The highest BCUT2D eigenvalue weighted by atomic mass is 32.2. The molecule has 2 aromatic rings. The average Bonchev–Trinajstić information content (AvgIpc) is 2.61.